The maximum absolute atomic E-state index is 13.3. The van der Waals surface area contributed by atoms with Crippen LogP contribution < -0.4 is 21.1 Å². The second kappa shape index (κ2) is 13.6. The number of ether oxygens (including phenoxy) is 1. The molecule has 0 bridgehead atoms. The van der Waals surface area contributed by atoms with E-state index >= 15 is 0 Å². The predicted molar refractivity (Wildman–Crippen MR) is 163 cm³/mol. The molecule has 42 heavy (non-hydrogen) atoms. The van der Waals surface area contributed by atoms with Crippen molar-refractivity contribution in [2.75, 3.05) is 36.8 Å². The Morgan fingerprint density at radius 1 is 0.881 bits per heavy atom. The zero-order chi connectivity index (χ0) is 29.3. The van der Waals surface area contributed by atoms with E-state index < -0.39 is 0 Å². The zero-order valence-electron chi connectivity index (χ0n) is 23.0. The standard InChI is InChI=1S/C30H32ClN9O2/c31-24-12-10-21(11-13-24)19-34-28-36-29(38-30(37-28)42-20-22-6-2-1-3-7-22)35-25-9-4-8-23(18-25)26(41)39-14-5-15-40(17-16-39)27(32)33/h1-4,6-13,18H,5,14-17,19-20H2,(H3,32,33)(H2,34,35,36,37,38). The minimum atomic E-state index is -0.0862. The van der Waals surface area contributed by atoms with E-state index in [-0.39, 0.29) is 23.8 Å². The van der Waals surface area contributed by atoms with Crippen LogP contribution in [0.15, 0.2) is 78.9 Å². The normalized spacial score (nSPS) is 13.3. The van der Waals surface area contributed by atoms with E-state index in [2.05, 4.69) is 25.6 Å². The Balaban J connectivity index is 1.32. The Hall–Kier alpha value is -4.90. The number of carbonyl (C=O) groups excluding carboxylic acids is 1. The SMILES string of the molecule is N=C(N)N1CCCN(C(=O)c2cccc(Nc3nc(NCc4ccc(Cl)cc4)nc(OCc4ccccc4)n3)c2)CC1. The summed E-state index contributed by atoms with van der Waals surface area (Å²) >= 11 is 6.02. The number of halogens is 1. The van der Waals surface area contributed by atoms with E-state index in [9.17, 15) is 4.79 Å². The monoisotopic (exact) mass is 585 g/mol. The number of hydrogen-bond acceptors (Lipinski definition) is 8. The van der Waals surface area contributed by atoms with E-state index in [1.165, 1.54) is 0 Å². The average molecular weight is 586 g/mol. The van der Waals surface area contributed by atoms with Crippen molar-refractivity contribution in [1.29, 1.82) is 5.41 Å². The summed E-state index contributed by atoms with van der Waals surface area (Å²) in [5, 5.41) is 14.8. The maximum Gasteiger partial charge on any atom is 0.323 e. The van der Waals surface area contributed by atoms with Gasteiger partial charge in [0.25, 0.3) is 5.91 Å². The number of anilines is 3. The molecule has 0 atom stereocenters. The van der Waals surface area contributed by atoms with Gasteiger partial charge in [-0.05, 0) is 47.9 Å². The number of amides is 1. The molecule has 1 aliphatic rings. The molecule has 5 rings (SSSR count). The maximum atomic E-state index is 13.3. The van der Waals surface area contributed by atoms with Crippen molar-refractivity contribution in [3.8, 4) is 6.01 Å². The summed E-state index contributed by atoms with van der Waals surface area (Å²) < 4.78 is 5.91. The first-order valence-corrected chi connectivity index (χ1v) is 14.0. The van der Waals surface area contributed by atoms with Gasteiger partial charge in [0, 0.05) is 49.0 Å². The number of aromatic nitrogens is 3. The topological polar surface area (TPSA) is 145 Å². The molecule has 1 saturated heterocycles. The van der Waals surface area contributed by atoms with Gasteiger partial charge in [0.2, 0.25) is 11.9 Å². The Bertz CT molecular complexity index is 1520. The van der Waals surface area contributed by atoms with Crippen LogP contribution in [0.2, 0.25) is 5.02 Å². The van der Waals surface area contributed by atoms with Gasteiger partial charge in [-0.2, -0.15) is 15.0 Å². The summed E-state index contributed by atoms with van der Waals surface area (Å²) in [4.78, 5) is 30.3. The Morgan fingerprint density at radius 2 is 1.62 bits per heavy atom. The summed E-state index contributed by atoms with van der Waals surface area (Å²) in [5.74, 6) is 0.541. The number of hydrogen-bond donors (Lipinski definition) is 4. The summed E-state index contributed by atoms with van der Waals surface area (Å²) in [6, 6.07) is 24.6. The van der Waals surface area contributed by atoms with Gasteiger partial charge in [0.05, 0.1) is 0 Å². The smallest absolute Gasteiger partial charge is 0.323 e. The van der Waals surface area contributed by atoms with Gasteiger partial charge < -0.3 is 30.9 Å². The van der Waals surface area contributed by atoms with Crippen molar-refractivity contribution in [2.24, 2.45) is 5.73 Å². The van der Waals surface area contributed by atoms with Crippen molar-refractivity contribution in [3.05, 3.63) is 101 Å². The van der Waals surface area contributed by atoms with Crippen LogP contribution in [0.4, 0.5) is 17.6 Å². The second-order valence-electron chi connectivity index (χ2n) is 9.74. The first-order chi connectivity index (χ1) is 20.4. The van der Waals surface area contributed by atoms with E-state index in [0.29, 0.717) is 61.6 Å². The molecular formula is C30H32ClN9O2. The van der Waals surface area contributed by atoms with Gasteiger partial charge in [0.1, 0.15) is 6.61 Å². The molecule has 2 heterocycles. The average Bonchev–Trinajstić information content (AvgIpc) is 3.27. The molecule has 0 spiro atoms. The van der Waals surface area contributed by atoms with E-state index in [1.54, 1.807) is 21.9 Å². The Kier molecular flexibility index (Phi) is 9.30. The van der Waals surface area contributed by atoms with E-state index in [1.807, 2.05) is 66.7 Å². The molecule has 1 amide bonds. The summed E-state index contributed by atoms with van der Waals surface area (Å²) in [6.07, 6.45) is 0.742. The summed E-state index contributed by atoms with van der Waals surface area (Å²) in [5.41, 5.74) is 8.81. The third-order valence-electron chi connectivity index (χ3n) is 6.68. The molecule has 0 radical (unpaired) electrons. The van der Waals surface area contributed by atoms with Gasteiger partial charge in [0.15, 0.2) is 5.96 Å². The van der Waals surface area contributed by atoms with Gasteiger partial charge >= 0.3 is 6.01 Å². The van der Waals surface area contributed by atoms with Crippen molar-refractivity contribution in [3.63, 3.8) is 0 Å². The molecule has 11 nitrogen and oxygen atoms in total. The summed E-state index contributed by atoms with van der Waals surface area (Å²) in [6.45, 7) is 3.04. The molecule has 0 aliphatic carbocycles. The fourth-order valence-corrected chi connectivity index (χ4v) is 4.59. The fourth-order valence-electron chi connectivity index (χ4n) is 4.46. The van der Waals surface area contributed by atoms with Gasteiger partial charge in [-0.1, -0.05) is 60.1 Å². The number of nitrogens with one attached hydrogen (secondary N) is 3. The van der Waals surface area contributed by atoms with E-state index in [0.717, 1.165) is 17.5 Å². The van der Waals surface area contributed by atoms with Crippen molar-refractivity contribution < 1.29 is 9.53 Å². The molecule has 1 fully saturated rings. The van der Waals surface area contributed by atoms with Crippen LogP contribution in [-0.2, 0) is 13.2 Å². The Morgan fingerprint density at radius 3 is 2.40 bits per heavy atom. The van der Waals surface area contributed by atoms with Crippen LogP contribution in [0, 0.1) is 5.41 Å². The molecule has 4 aromatic rings. The minimum absolute atomic E-state index is 0.0296. The first kappa shape index (κ1) is 28.6. The van der Waals surface area contributed by atoms with Crippen LogP contribution >= 0.6 is 11.6 Å². The molecule has 5 N–H and O–H groups in total. The molecule has 0 saturated carbocycles. The number of carbonyl (C=O) groups is 1. The fraction of sp³-hybridized carbons (Fsp3) is 0.233. The lowest BCUT2D eigenvalue weighted by molar-refractivity contribution is 0.0764. The molecule has 3 aromatic carbocycles. The first-order valence-electron chi connectivity index (χ1n) is 13.6. The molecule has 216 valence electrons. The van der Waals surface area contributed by atoms with Crippen molar-refractivity contribution in [2.45, 2.75) is 19.6 Å². The number of nitrogens with zero attached hydrogens (tertiary/aromatic N) is 5. The lowest BCUT2D eigenvalue weighted by Crippen LogP contribution is -2.40. The highest BCUT2D eigenvalue weighted by atomic mass is 35.5. The highest BCUT2D eigenvalue weighted by Gasteiger charge is 2.21. The van der Waals surface area contributed by atoms with Crippen molar-refractivity contribution in [1.82, 2.24) is 24.8 Å². The zero-order valence-corrected chi connectivity index (χ0v) is 23.7. The third kappa shape index (κ3) is 7.85. The quantitative estimate of drug-likeness (QED) is 0.165. The predicted octanol–water partition coefficient (Wildman–Crippen LogP) is 4.50. The second-order valence-corrected chi connectivity index (χ2v) is 10.2. The number of guanidine groups is 1. The largest absolute Gasteiger partial charge is 0.458 e. The molecule has 1 aromatic heterocycles. The Labute approximate surface area is 249 Å². The van der Waals surface area contributed by atoms with Crippen LogP contribution in [-0.4, -0.2) is 62.8 Å². The van der Waals surface area contributed by atoms with Crippen LogP contribution in [0.5, 0.6) is 6.01 Å². The number of rotatable bonds is 9. The van der Waals surface area contributed by atoms with E-state index in [4.69, 9.17) is 27.5 Å². The van der Waals surface area contributed by atoms with Gasteiger partial charge in [-0.15, -0.1) is 0 Å². The van der Waals surface area contributed by atoms with Gasteiger partial charge in [-0.25, -0.2) is 0 Å². The lowest BCUT2D eigenvalue weighted by atomic mass is 10.1. The minimum Gasteiger partial charge on any atom is -0.458 e. The number of nitrogens with two attached hydrogens (primary N) is 1. The molecule has 12 heteroatoms. The van der Waals surface area contributed by atoms with Crippen molar-refractivity contribution >= 4 is 41.1 Å². The van der Waals surface area contributed by atoms with Crippen LogP contribution in [0.25, 0.3) is 0 Å². The number of benzene rings is 3. The molecule has 1 aliphatic heterocycles. The van der Waals surface area contributed by atoms with Crippen LogP contribution in [0.3, 0.4) is 0 Å². The summed E-state index contributed by atoms with van der Waals surface area (Å²) in [7, 11) is 0. The highest BCUT2D eigenvalue weighted by Crippen LogP contribution is 2.21. The highest BCUT2D eigenvalue weighted by molar-refractivity contribution is 6.30. The molecular weight excluding hydrogens is 554 g/mol. The van der Waals surface area contributed by atoms with Crippen LogP contribution in [0.1, 0.15) is 27.9 Å². The lowest BCUT2D eigenvalue weighted by Gasteiger charge is -2.22. The van der Waals surface area contributed by atoms with Gasteiger partial charge in [-0.3, -0.25) is 10.2 Å². The third-order valence-corrected chi connectivity index (χ3v) is 6.93. The molecule has 0 unspecified atom stereocenters.